The zero-order valence-corrected chi connectivity index (χ0v) is 19.8. The Morgan fingerprint density at radius 3 is 2.31 bits per heavy atom. The normalized spacial score (nSPS) is 10.8. The maximum atomic E-state index is 12.6. The van der Waals surface area contributed by atoms with E-state index in [1.807, 2.05) is 84.9 Å². The number of H-pyrrole nitrogens is 1. The van der Waals surface area contributed by atoms with Crippen LogP contribution >= 0.6 is 11.8 Å². The van der Waals surface area contributed by atoms with Crippen molar-refractivity contribution in [2.45, 2.75) is 17.5 Å². The smallest absolute Gasteiger partial charge is 0.270 e. The second kappa shape index (κ2) is 10.4. The standard InChI is InChI=1S/C27H20N6O2S/c28-14-24-25(21-10-8-20(9-11-21)19-4-2-1-3-5-19)29-27(30-26(24)35)36-17-18-6-12-23(13-7-18)33-15-22(16-34)31-32-33/h1-13,15,34H,16-17H2,(H,29,30,35). The number of aliphatic hydroxyl groups excluding tert-OH is 1. The summed E-state index contributed by atoms with van der Waals surface area (Å²) in [5, 5.41) is 27.1. The molecule has 0 amide bonds. The number of nitrogens with one attached hydrogen (secondary N) is 1. The number of hydrogen-bond donors (Lipinski definition) is 2. The van der Waals surface area contributed by atoms with Gasteiger partial charge in [-0.15, -0.1) is 5.10 Å². The molecule has 5 rings (SSSR count). The Bertz CT molecular complexity index is 1590. The second-order valence-electron chi connectivity index (χ2n) is 7.92. The van der Waals surface area contributed by atoms with Gasteiger partial charge < -0.3 is 10.1 Å². The molecule has 0 aliphatic rings. The van der Waals surface area contributed by atoms with Crippen LogP contribution in [0.2, 0.25) is 0 Å². The lowest BCUT2D eigenvalue weighted by atomic mass is 10.0. The average molecular weight is 493 g/mol. The highest BCUT2D eigenvalue weighted by molar-refractivity contribution is 7.98. The third kappa shape index (κ3) is 4.95. The highest BCUT2D eigenvalue weighted by atomic mass is 32.2. The minimum atomic E-state index is -0.460. The third-order valence-electron chi connectivity index (χ3n) is 5.55. The van der Waals surface area contributed by atoms with Crippen molar-refractivity contribution in [2.24, 2.45) is 0 Å². The van der Waals surface area contributed by atoms with E-state index in [0.717, 1.165) is 22.4 Å². The molecule has 176 valence electrons. The summed E-state index contributed by atoms with van der Waals surface area (Å²) in [5.74, 6) is 0.570. The van der Waals surface area contributed by atoms with Gasteiger partial charge in [0.05, 0.1) is 24.2 Å². The van der Waals surface area contributed by atoms with Gasteiger partial charge in [0.15, 0.2) is 5.16 Å². The molecule has 9 heteroatoms. The van der Waals surface area contributed by atoms with Crippen LogP contribution in [0.3, 0.4) is 0 Å². The molecule has 0 aliphatic heterocycles. The van der Waals surface area contributed by atoms with Gasteiger partial charge in [-0.05, 0) is 28.8 Å². The molecule has 0 unspecified atom stereocenters. The lowest BCUT2D eigenvalue weighted by Gasteiger charge is -2.08. The van der Waals surface area contributed by atoms with Gasteiger partial charge in [0.25, 0.3) is 5.56 Å². The third-order valence-corrected chi connectivity index (χ3v) is 6.50. The monoisotopic (exact) mass is 492 g/mol. The number of hydrogen-bond acceptors (Lipinski definition) is 7. The van der Waals surface area contributed by atoms with Gasteiger partial charge in [0.1, 0.15) is 17.3 Å². The minimum absolute atomic E-state index is 0.00811. The lowest BCUT2D eigenvalue weighted by molar-refractivity contribution is 0.276. The molecule has 0 aliphatic carbocycles. The van der Waals surface area contributed by atoms with E-state index in [4.69, 9.17) is 5.11 Å². The zero-order valence-electron chi connectivity index (χ0n) is 19.0. The fraction of sp³-hybridized carbons (Fsp3) is 0.0741. The molecule has 0 spiro atoms. The molecule has 0 atom stereocenters. The van der Waals surface area contributed by atoms with Crippen molar-refractivity contribution in [3.05, 3.63) is 112 Å². The molecule has 2 heterocycles. The number of aromatic amines is 1. The summed E-state index contributed by atoms with van der Waals surface area (Å²) in [6, 6.07) is 27.4. The summed E-state index contributed by atoms with van der Waals surface area (Å²) >= 11 is 1.38. The number of thioether (sulfide) groups is 1. The highest BCUT2D eigenvalue weighted by Gasteiger charge is 2.14. The summed E-state index contributed by atoms with van der Waals surface area (Å²) in [5.41, 5.74) is 5.07. The summed E-state index contributed by atoms with van der Waals surface area (Å²) in [6.45, 7) is -0.163. The van der Waals surface area contributed by atoms with Gasteiger partial charge in [0, 0.05) is 11.3 Å². The molecule has 2 aromatic heterocycles. The van der Waals surface area contributed by atoms with E-state index < -0.39 is 5.56 Å². The van der Waals surface area contributed by atoms with Crippen LogP contribution in [0.4, 0.5) is 0 Å². The van der Waals surface area contributed by atoms with Gasteiger partial charge in [0.2, 0.25) is 0 Å². The summed E-state index contributed by atoms with van der Waals surface area (Å²) in [6.07, 6.45) is 1.67. The van der Waals surface area contributed by atoms with Crippen LogP contribution in [0.1, 0.15) is 16.8 Å². The first-order valence-electron chi connectivity index (χ1n) is 11.1. The van der Waals surface area contributed by atoms with Crippen LogP contribution < -0.4 is 5.56 Å². The minimum Gasteiger partial charge on any atom is -0.390 e. The topological polar surface area (TPSA) is 120 Å². The number of aromatic nitrogens is 5. The fourth-order valence-corrected chi connectivity index (χ4v) is 4.49. The second-order valence-corrected chi connectivity index (χ2v) is 8.88. The van der Waals surface area contributed by atoms with Gasteiger partial charge >= 0.3 is 0 Å². The summed E-state index contributed by atoms with van der Waals surface area (Å²) in [7, 11) is 0. The van der Waals surface area contributed by atoms with Crippen molar-refractivity contribution in [2.75, 3.05) is 0 Å². The van der Waals surface area contributed by atoms with Crippen molar-refractivity contribution in [3.63, 3.8) is 0 Å². The van der Waals surface area contributed by atoms with Crippen LogP contribution in [0.15, 0.2) is 95.0 Å². The number of nitriles is 1. The van der Waals surface area contributed by atoms with Crippen LogP contribution in [0.5, 0.6) is 0 Å². The van der Waals surface area contributed by atoms with Crippen LogP contribution in [0, 0.1) is 11.3 Å². The predicted octanol–water partition coefficient (Wildman–Crippen LogP) is 4.34. The highest BCUT2D eigenvalue weighted by Crippen LogP contribution is 2.27. The molecular weight excluding hydrogens is 472 g/mol. The van der Waals surface area contributed by atoms with Gasteiger partial charge in [-0.2, -0.15) is 5.26 Å². The Morgan fingerprint density at radius 1 is 0.944 bits per heavy atom. The van der Waals surface area contributed by atoms with Crippen LogP contribution in [-0.4, -0.2) is 30.1 Å². The maximum Gasteiger partial charge on any atom is 0.270 e. The number of nitrogens with zero attached hydrogens (tertiary/aromatic N) is 5. The first-order chi connectivity index (χ1) is 17.6. The molecule has 2 N–H and O–H groups in total. The van der Waals surface area contributed by atoms with Crippen molar-refractivity contribution < 1.29 is 5.11 Å². The molecular formula is C27H20N6O2S. The fourth-order valence-electron chi connectivity index (χ4n) is 3.68. The average Bonchev–Trinajstić information content (AvgIpc) is 3.42. The number of aliphatic hydroxyl groups is 1. The molecule has 0 radical (unpaired) electrons. The van der Waals surface area contributed by atoms with E-state index in [2.05, 4.69) is 20.3 Å². The Balaban J connectivity index is 1.35. The van der Waals surface area contributed by atoms with E-state index in [0.29, 0.717) is 27.9 Å². The Kier molecular flexibility index (Phi) is 6.71. The number of benzene rings is 3. The van der Waals surface area contributed by atoms with E-state index in [1.54, 1.807) is 10.9 Å². The van der Waals surface area contributed by atoms with E-state index in [-0.39, 0.29) is 12.2 Å². The molecule has 0 saturated heterocycles. The largest absolute Gasteiger partial charge is 0.390 e. The van der Waals surface area contributed by atoms with Crippen molar-refractivity contribution in [3.8, 4) is 34.1 Å². The lowest BCUT2D eigenvalue weighted by Crippen LogP contribution is -2.14. The van der Waals surface area contributed by atoms with Crippen molar-refractivity contribution in [1.29, 1.82) is 5.26 Å². The van der Waals surface area contributed by atoms with Gasteiger partial charge in [-0.3, -0.25) is 4.79 Å². The van der Waals surface area contributed by atoms with E-state index in [1.165, 1.54) is 11.8 Å². The first-order valence-corrected chi connectivity index (χ1v) is 12.1. The molecule has 36 heavy (non-hydrogen) atoms. The maximum absolute atomic E-state index is 12.6. The molecule has 3 aromatic carbocycles. The van der Waals surface area contributed by atoms with Crippen molar-refractivity contribution >= 4 is 11.8 Å². The van der Waals surface area contributed by atoms with Gasteiger partial charge in [-0.25, -0.2) is 9.67 Å². The Labute approximate surface area is 210 Å². The molecule has 5 aromatic rings. The van der Waals surface area contributed by atoms with Crippen LogP contribution in [-0.2, 0) is 12.4 Å². The quantitative estimate of drug-likeness (QED) is 0.256. The molecule has 0 bridgehead atoms. The molecule has 0 saturated carbocycles. The van der Waals surface area contributed by atoms with Crippen LogP contribution in [0.25, 0.3) is 28.1 Å². The first kappa shape index (κ1) is 23.2. The zero-order chi connectivity index (χ0) is 24.9. The van der Waals surface area contributed by atoms with E-state index >= 15 is 0 Å². The SMILES string of the molecule is N#Cc1c(-c2ccc(-c3ccccc3)cc2)nc(SCc2ccc(-n3cc(CO)nn3)cc2)[nH]c1=O. The predicted molar refractivity (Wildman–Crippen MR) is 137 cm³/mol. The van der Waals surface area contributed by atoms with E-state index in [9.17, 15) is 10.1 Å². The summed E-state index contributed by atoms with van der Waals surface area (Å²) in [4.78, 5) is 20.0. The molecule has 0 fully saturated rings. The summed E-state index contributed by atoms with van der Waals surface area (Å²) < 4.78 is 1.59. The molecule has 8 nitrogen and oxygen atoms in total. The Morgan fingerprint density at radius 2 is 1.64 bits per heavy atom. The van der Waals surface area contributed by atoms with Crippen molar-refractivity contribution in [1.82, 2.24) is 25.0 Å². The number of rotatable bonds is 7. The van der Waals surface area contributed by atoms with Gasteiger partial charge in [-0.1, -0.05) is 83.7 Å². The Hall–Kier alpha value is -4.52.